The summed E-state index contributed by atoms with van der Waals surface area (Å²) >= 11 is 0. The molecule has 102 valence electrons. The molecule has 5 nitrogen and oxygen atoms in total. The van der Waals surface area contributed by atoms with Gasteiger partial charge in [0.25, 0.3) is 5.91 Å². The summed E-state index contributed by atoms with van der Waals surface area (Å²) in [6, 6.07) is 6.26. The van der Waals surface area contributed by atoms with Crippen molar-refractivity contribution in [3.63, 3.8) is 0 Å². The third-order valence-corrected chi connectivity index (χ3v) is 3.62. The zero-order valence-corrected chi connectivity index (χ0v) is 10.9. The molecule has 2 atom stereocenters. The van der Waals surface area contributed by atoms with Crippen LogP contribution in [-0.4, -0.2) is 41.0 Å². The largest absolute Gasteiger partial charge is 0.391 e. The van der Waals surface area contributed by atoms with Gasteiger partial charge in [-0.3, -0.25) is 9.59 Å². The fraction of sp³-hybridized carbons (Fsp3) is 0.429. The van der Waals surface area contributed by atoms with E-state index in [1.807, 2.05) is 6.92 Å². The van der Waals surface area contributed by atoms with Crippen LogP contribution in [0.2, 0.25) is 0 Å². The van der Waals surface area contributed by atoms with E-state index in [0.717, 1.165) is 6.42 Å². The summed E-state index contributed by atoms with van der Waals surface area (Å²) in [5.74, 6) is -0.413. The van der Waals surface area contributed by atoms with Crippen LogP contribution in [0.3, 0.4) is 0 Å². The first-order valence-electron chi connectivity index (χ1n) is 6.36. The maximum Gasteiger partial charge on any atom is 0.253 e. The van der Waals surface area contributed by atoms with E-state index in [4.69, 9.17) is 5.73 Å². The number of piperidine rings is 1. The Labute approximate surface area is 112 Å². The van der Waals surface area contributed by atoms with Gasteiger partial charge in [0.15, 0.2) is 0 Å². The summed E-state index contributed by atoms with van der Waals surface area (Å²) in [6.45, 7) is 2.99. The predicted octanol–water partition coefficient (Wildman–Crippen LogP) is 0.628. The monoisotopic (exact) mass is 262 g/mol. The van der Waals surface area contributed by atoms with Crippen LogP contribution < -0.4 is 5.73 Å². The van der Waals surface area contributed by atoms with Crippen LogP contribution in [0.15, 0.2) is 24.3 Å². The van der Waals surface area contributed by atoms with E-state index in [0.29, 0.717) is 24.2 Å². The predicted molar refractivity (Wildman–Crippen MR) is 70.7 cm³/mol. The molecule has 0 bridgehead atoms. The molecule has 5 heteroatoms. The lowest BCUT2D eigenvalue weighted by Crippen LogP contribution is -2.45. The molecule has 0 aliphatic carbocycles. The first kappa shape index (κ1) is 13.5. The molecule has 1 heterocycles. The highest BCUT2D eigenvalue weighted by molar-refractivity contribution is 5.97. The number of benzene rings is 1. The number of nitrogens with zero attached hydrogens (tertiary/aromatic N) is 1. The van der Waals surface area contributed by atoms with Crippen molar-refractivity contribution in [3.05, 3.63) is 35.4 Å². The number of primary amides is 1. The number of hydrogen-bond donors (Lipinski definition) is 2. The van der Waals surface area contributed by atoms with Gasteiger partial charge in [0, 0.05) is 24.2 Å². The Hall–Kier alpha value is -1.88. The van der Waals surface area contributed by atoms with Gasteiger partial charge in [0.2, 0.25) is 5.91 Å². The zero-order valence-electron chi connectivity index (χ0n) is 10.9. The second-order valence-corrected chi connectivity index (χ2v) is 5.03. The van der Waals surface area contributed by atoms with Crippen molar-refractivity contribution in [1.29, 1.82) is 0 Å². The summed E-state index contributed by atoms with van der Waals surface area (Å²) < 4.78 is 0. The fourth-order valence-corrected chi connectivity index (χ4v) is 2.19. The molecule has 3 N–H and O–H groups in total. The lowest BCUT2D eigenvalue weighted by atomic mass is 9.95. The van der Waals surface area contributed by atoms with Gasteiger partial charge >= 0.3 is 0 Å². The van der Waals surface area contributed by atoms with Crippen LogP contribution in [0, 0.1) is 5.92 Å². The molecule has 1 saturated heterocycles. The number of aliphatic hydroxyl groups is 1. The highest BCUT2D eigenvalue weighted by atomic mass is 16.3. The Kier molecular flexibility index (Phi) is 3.85. The number of carbonyl (C=O) groups is 2. The average Bonchev–Trinajstić information content (AvgIpc) is 2.41. The smallest absolute Gasteiger partial charge is 0.253 e. The molecule has 1 aromatic carbocycles. The van der Waals surface area contributed by atoms with Crippen LogP contribution in [-0.2, 0) is 0 Å². The Morgan fingerprint density at radius 3 is 2.37 bits per heavy atom. The van der Waals surface area contributed by atoms with Crippen molar-refractivity contribution >= 4 is 11.8 Å². The number of carbonyl (C=O) groups excluding carboxylic acids is 2. The molecule has 2 unspecified atom stereocenters. The number of aliphatic hydroxyl groups excluding tert-OH is 1. The molecule has 1 aliphatic rings. The third kappa shape index (κ3) is 2.93. The van der Waals surface area contributed by atoms with Gasteiger partial charge in [-0.05, 0) is 36.6 Å². The molecular formula is C14H18N2O3. The quantitative estimate of drug-likeness (QED) is 0.820. The first-order valence-corrected chi connectivity index (χ1v) is 6.36. The van der Waals surface area contributed by atoms with Crippen molar-refractivity contribution in [2.75, 3.05) is 13.1 Å². The Morgan fingerprint density at radius 2 is 1.84 bits per heavy atom. The summed E-state index contributed by atoms with van der Waals surface area (Å²) in [5.41, 5.74) is 6.03. The maximum absolute atomic E-state index is 12.2. The van der Waals surface area contributed by atoms with Gasteiger partial charge in [0.1, 0.15) is 0 Å². The van der Waals surface area contributed by atoms with Gasteiger partial charge in [-0.2, -0.15) is 0 Å². The normalized spacial score (nSPS) is 23.2. The highest BCUT2D eigenvalue weighted by Gasteiger charge is 2.27. The molecular weight excluding hydrogens is 244 g/mol. The second-order valence-electron chi connectivity index (χ2n) is 5.03. The first-order chi connectivity index (χ1) is 8.99. The van der Waals surface area contributed by atoms with Crippen molar-refractivity contribution in [1.82, 2.24) is 4.90 Å². The van der Waals surface area contributed by atoms with Gasteiger partial charge in [0.05, 0.1) is 6.10 Å². The molecule has 1 aliphatic heterocycles. The summed E-state index contributed by atoms with van der Waals surface area (Å²) in [7, 11) is 0. The Morgan fingerprint density at radius 1 is 1.26 bits per heavy atom. The number of hydrogen-bond acceptors (Lipinski definition) is 3. The summed E-state index contributed by atoms with van der Waals surface area (Å²) in [5, 5.41) is 9.81. The molecule has 0 saturated carbocycles. The van der Waals surface area contributed by atoms with Gasteiger partial charge in [-0.25, -0.2) is 0 Å². The highest BCUT2D eigenvalue weighted by Crippen LogP contribution is 2.19. The number of likely N-dealkylation sites (tertiary alicyclic amines) is 1. The van der Waals surface area contributed by atoms with E-state index in [1.165, 1.54) is 0 Å². The Balaban J connectivity index is 2.09. The average molecular weight is 262 g/mol. The van der Waals surface area contributed by atoms with E-state index in [-0.39, 0.29) is 11.8 Å². The van der Waals surface area contributed by atoms with E-state index < -0.39 is 12.0 Å². The van der Waals surface area contributed by atoms with Gasteiger partial charge < -0.3 is 15.7 Å². The van der Waals surface area contributed by atoms with Crippen LogP contribution in [0.4, 0.5) is 0 Å². The topological polar surface area (TPSA) is 83.6 Å². The minimum absolute atomic E-state index is 0.123. The molecule has 0 aromatic heterocycles. The summed E-state index contributed by atoms with van der Waals surface area (Å²) in [4.78, 5) is 24.8. The fourth-order valence-electron chi connectivity index (χ4n) is 2.19. The van der Waals surface area contributed by atoms with Crippen molar-refractivity contribution in [2.24, 2.45) is 11.7 Å². The lowest BCUT2D eigenvalue weighted by molar-refractivity contribution is 0.0248. The summed E-state index contributed by atoms with van der Waals surface area (Å²) in [6.07, 6.45) is 0.328. The number of rotatable bonds is 2. The molecule has 19 heavy (non-hydrogen) atoms. The molecule has 2 amide bonds. The van der Waals surface area contributed by atoms with Crippen molar-refractivity contribution < 1.29 is 14.7 Å². The standard InChI is InChI=1S/C14H18N2O3/c1-9-6-7-16(8-12(9)17)14(19)11-4-2-10(3-5-11)13(15)18/h2-5,9,12,17H,6-8H2,1H3,(H2,15,18). The molecule has 2 rings (SSSR count). The molecule has 0 spiro atoms. The number of β-amino-alcohol motifs (C(OH)–C–C–N with tert-alkyl or cyclic N) is 1. The minimum Gasteiger partial charge on any atom is -0.391 e. The third-order valence-electron chi connectivity index (χ3n) is 3.62. The molecule has 0 radical (unpaired) electrons. The van der Waals surface area contributed by atoms with E-state index >= 15 is 0 Å². The van der Waals surface area contributed by atoms with Crippen LogP contribution in [0.5, 0.6) is 0 Å². The lowest BCUT2D eigenvalue weighted by Gasteiger charge is -2.34. The number of nitrogens with two attached hydrogens (primary N) is 1. The van der Waals surface area contributed by atoms with E-state index in [9.17, 15) is 14.7 Å². The SMILES string of the molecule is CC1CCN(C(=O)c2ccc(C(N)=O)cc2)CC1O. The molecule has 1 fully saturated rings. The molecule has 1 aromatic rings. The number of amides is 2. The minimum atomic E-state index is -0.513. The van der Waals surface area contributed by atoms with Crippen molar-refractivity contribution in [3.8, 4) is 0 Å². The van der Waals surface area contributed by atoms with Gasteiger partial charge in [-0.15, -0.1) is 0 Å². The maximum atomic E-state index is 12.2. The van der Waals surface area contributed by atoms with Gasteiger partial charge in [-0.1, -0.05) is 6.92 Å². The zero-order chi connectivity index (χ0) is 14.0. The van der Waals surface area contributed by atoms with E-state index in [1.54, 1.807) is 29.2 Å². The van der Waals surface area contributed by atoms with Crippen LogP contribution in [0.25, 0.3) is 0 Å². The van der Waals surface area contributed by atoms with E-state index in [2.05, 4.69) is 0 Å². The Bertz CT molecular complexity index is 484. The van der Waals surface area contributed by atoms with Crippen molar-refractivity contribution in [2.45, 2.75) is 19.4 Å². The van der Waals surface area contributed by atoms with Crippen LogP contribution >= 0.6 is 0 Å². The van der Waals surface area contributed by atoms with Crippen LogP contribution in [0.1, 0.15) is 34.1 Å². The second kappa shape index (κ2) is 5.40.